The first-order valence-electron chi connectivity index (χ1n) is 9.49. The Morgan fingerprint density at radius 1 is 1.20 bits per heavy atom. The van der Waals surface area contributed by atoms with E-state index in [9.17, 15) is 9.59 Å². The second-order valence-electron chi connectivity index (χ2n) is 6.76. The summed E-state index contributed by atoms with van der Waals surface area (Å²) in [7, 11) is 0. The first kappa shape index (κ1) is 20.5. The fraction of sp³-hybridized carbons (Fsp3) is 0.174. The Hall–Kier alpha value is -2.77. The van der Waals surface area contributed by atoms with Gasteiger partial charge in [-0.2, -0.15) is 0 Å². The Bertz CT molecular complexity index is 1310. The maximum Gasteiger partial charge on any atom is 0.338 e. The van der Waals surface area contributed by atoms with Crippen LogP contribution in [0.1, 0.15) is 31.0 Å². The highest BCUT2D eigenvalue weighted by Gasteiger charge is 2.33. The smallest absolute Gasteiger partial charge is 0.338 e. The van der Waals surface area contributed by atoms with Gasteiger partial charge in [-0.25, -0.2) is 9.79 Å². The molecule has 30 heavy (non-hydrogen) atoms. The minimum absolute atomic E-state index is 0.176. The first-order valence-corrected chi connectivity index (χ1v) is 11.1. The molecule has 152 valence electrons. The van der Waals surface area contributed by atoms with Crippen molar-refractivity contribution in [2.45, 2.75) is 19.9 Å². The number of ether oxygens (including phenoxy) is 1. The van der Waals surface area contributed by atoms with Crippen molar-refractivity contribution in [3.63, 3.8) is 0 Å². The third-order valence-electron chi connectivity index (χ3n) is 4.80. The molecule has 0 spiro atoms. The largest absolute Gasteiger partial charge is 0.463 e. The van der Waals surface area contributed by atoms with Crippen LogP contribution in [-0.4, -0.2) is 17.1 Å². The van der Waals surface area contributed by atoms with Crippen molar-refractivity contribution in [2.24, 2.45) is 4.99 Å². The van der Waals surface area contributed by atoms with E-state index in [1.54, 1.807) is 18.4 Å². The summed E-state index contributed by atoms with van der Waals surface area (Å²) in [5.41, 5.74) is 2.54. The van der Waals surface area contributed by atoms with E-state index in [4.69, 9.17) is 4.74 Å². The van der Waals surface area contributed by atoms with Crippen LogP contribution in [0, 0.1) is 0 Å². The number of fused-ring (bicyclic) bond motifs is 1. The molecule has 0 saturated heterocycles. The number of allylic oxidation sites excluding steroid dienone is 1. The third-order valence-corrected chi connectivity index (χ3v) is 6.31. The van der Waals surface area contributed by atoms with Crippen LogP contribution >= 0.6 is 27.3 Å². The lowest BCUT2D eigenvalue weighted by molar-refractivity contribution is -0.139. The molecule has 1 atom stereocenters. The molecule has 3 aromatic rings. The summed E-state index contributed by atoms with van der Waals surface area (Å²) in [4.78, 5) is 31.3. The van der Waals surface area contributed by atoms with E-state index in [0.717, 1.165) is 15.6 Å². The highest BCUT2D eigenvalue weighted by molar-refractivity contribution is 9.10. The highest BCUT2D eigenvalue weighted by Crippen LogP contribution is 2.30. The van der Waals surface area contributed by atoms with Crippen molar-refractivity contribution in [1.82, 2.24) is 4.57 Å². The summed E-state index contributed by atoms with van der Waals surface area (Å²) >= 11 is 4.74. The van der Waals surface area contributed by atoms with Gasteiger partial charge >= 0.3 is 5.97 Å². The maximum absolute atomic E-state index is 13.4. The van der Waals surface area contributed by atoms with Gasteiger partial charge in [0.05, 0.1) is 28.5 Å². The van der Waals surface area contributed by atoms with Gasteiger partial charge in [0.2, 0.25) is 0 Å². The van der Waals surface area contributed by atoms with Gasteiger partial charge in [-0.1, -0.05) is 69.7 Å². The minimum atomic E-state index is -0.575. The normalized spacial score (nSPS) is 16.2. The van der Waals surface area contributed by atoms with Crippen molar-refractivity contribution in [1.29, 1.82) is 0 Å². The lowest BCUT2D eigenvalue weighted by Crippen LogP contribution is -2.39. The standard InChI is InChI=1S/C23H19BrN2O3S/c1-3-29-22(28)19-14(2)25-23-26(20(19)16-7-5-4-6-8-16)21(27)18(30-23)13-15-9-11-17(24)12-10-15/h4-13,20H,3H2,1-2H3/b18-13+. The van der Waals surface area contributed by atoms with E-state index in [1.165, 1.54) is 11.3 Å². The Balaban J connectivity index is 1.94. The number of halogens is 1. The molecule has 1 unspecified atom stereocenters. The summed E-state index contributed by atoms with van der Waals surface area (Å²) in [5.74, 6) is -0.449. The first-order chi connectivity index (χ1) is 14.5. The quantitative estimate of drug-likeness (QED) is 0.534. The molecule has 4 rings (SSSR count). The Morgan fingerprint density at radius 3 is 2.57 bits per heavy atom. The van der Waals surface area contributed by atoms with Gasteiger partial charge in [-0.3, -0.25) is 9.36 Å². The van der Waals surface area contributed by atoms with Crippen molar-refractivity contribution in [2.75, 3.05) is 6.61 Å². The molecule has 1 aliphatic rings. The monoisotopic (exact) mass is 482 g/mol. The highest BCUT2D eigenvalue weighted by atomic mass is 79.9. The molecule has 2 aromatic carbocycles. The van der Waals surface area contributed by atoms with Gasteiger partial charge in [-0.15, -0.1) is 0 Å². The zero-order chi connectivity index (χ0) is 21.3. The van der Waals surface area contributed by atoms with Crippen LogP contribution < -0.4 is 14.9 Å². The molecule has 7 heteroatoms. The van der Waals surface area contributed by atoms with Gasteiger partial charge in [0.1, 0.15) is 0 Å². The molecular formula is C23H19BrN2O3S. The Morgan fingerprint density at radius 2 is 1.90 bits per heavy atom. The van der Waals surface area contributed by atoms with E-state index >= 15 is 0 Å². The number of esters is 1. The molecule has 0 radical (unpaired) electrons. The van der Waals surface area contributed by atoms with Gasteiger partial charge in [0.15, 0.2) is 4.80 Å². The van der Waals surface area contributed by atoms with Crippen LogP contribution in [0.3, 0.4) is 0 Å². The molecule has 0 aliphatic carbocycles. The number of carbonyl (C=O) groups is 1. The average Bonchev–Trinajstić information content (AvgIpc) is 3.04. The maximum atomic E-state index is 13.4. The second-order valence-corrected chi connectivity index (χ2v) is 8.69. The van der Waals surface area contributed by atoms with Crippen molar-refractivity contribution < 1.29 is 9.53 Å². The van der Waals surface area contributed by atoms with E-state index in [0.29, 0.717) is 20.6 Å². The number of hydrogen-bond acceptors (Lipinski definition) is 5. The fourth-order valence-electron chi connectivity index (χ4n) is 3.45. The minimum Gasteiger partial charge on any atom is -0.463 e. The van der Waals surface area contributed by atoms with E-state index in [-0.39, 0.29) is 12.2 Å². The van der Waals surface area contributed by atoms with E-state index in [1.807, 2.05) is 60.7 Å². The topological polar surface area (TPSA) is 60.7 Å². The van der Waals surface area contributed by atoms with Gasteiger partial charge < -0.3 is 4.74 Å². The van der Waals surface area contributed by atoms with Crippen molar-refractivity contribution in [3.05, 3.63) is 101 Å². The van der Waals surface area contributed by atoms with Crippen molar-refractivity contribution >= 4 is 39.3 Å². The predicted molar refractivity (Wildman–Crippen MR) is 121 cm³/mol. The molecule has 0 N–H and O–H groups in total. The summed E-state index contributed by atoms with van der Waals surface area (Å²) < 4.78 is 8.43. The second kappa shape index (κ2) is 8.53. The third kappa shape index (κ3) is 3.82. The zero-order valence-electron chi connectivity index (χ0n) is 16.5. The number of benzene rings is 2. The molecular weight excluding hydrogens is 464 g/mol. The van der Waals surface area contributed by atoms with Crippen molar-refractivity contribution in [3.8, 4) is 0 Å². The van der Waals surface area contributed by atoms with Crippen LogP contribution in [0.4, 0.5) is 0 Å². The SMILES string of the molecule is CCOC(=O)C1=C(C)N=c2s/c(=C/c3ccc(Br)cc3)c(=O)n2C1c1ccccc1. The Labute approximate surface area is 185 Å². The van der Waals surface area contributed by atoms with Crippen LogP contribution in [0.25, 0.3) is 6.08 Å². The molecule has 5 nitrogen and oxygen atoms in total. The van der Waals surface area contributed by atoms with Gasteiger partial charge in [0.25, 0.3) is 5.56 Å². The number of aromatic nitrogens is 1. The molecule has 0 saturated carbocycles. The average molecular weight is 483 g/mol. The van der Waals surface area contributed by atoms with E-state index in [2.05, 4.69) is 20.9 Å². The number of carbonyl (C=O) groups excluding carboxylic acids is 1. The number of nitrogens with zero attached hydrogens (tertiary/aromatic N) is 2. The van der Waals surface area contributed by atoms with Crippen LogP contribution in [0.15, 0.2) is 80.1 Å². The molecule has 1 aromatic heterocycles. The molecule has 1 aliphatic heterocycles. The van der Waals surface area contributed by atoms with Crippen LogP contribution in [0.2, 0.25) is 0 Å². The molecule has 0 bridgehead atoms. The summed E-state index contributed by atoms with van der Waals surface area (Å²) in [6, 6.07) is 16.7. The van der Waals surface area contributed by atoms with Crippen LogP contribution in [0.5, 0.6) is 0 Å². The predicted octanol–water partition coefficient (Wildman–Crippen LogP) is 3.56. The lowest BCUT2D eigenvalue weighted by atomic mass is 9.96. The Kier molecular flexibility index (Phi) is 5.83. The zero-order valence-corrected chi connectivity index (χ0v) is 18.9. The molecule has 2 heterocycles. The fourth-order valence-corrected chi connectivity index (χ4v) is 4.76. The van der Waals surface area contributed by atoms with Crippen LogP contribution in [-0.2, 0) is 9.53 Å². The lowest BCUT2D eigenvalue weighted by Gasteiger charge is -2.24. The number of thiazole rings is 1. The number of rotatable bonds is 4. The van der Waals surface area contributed by atoms with Gasteiger partial charge in [-0.05, 0) is 43.2 Å². The van der Waals surface area contributed by atoms with Gasteiger partial charge in [0, 0.05) is 4.47 Å². The summed E-state index contributed by atoms with van der Waals surface area (Å²) in [6.45, 7) is 3.80. The van der Waals surface area contributed by atoms with E-state index < -0.39 is 12.0 Å². The molecule has 0 amide bonds. The molecule has 0 fully saturated rings. The number of hydrogen-bond donors (Lipinski definition) is 0. The summed E-state index contributed by atoms with van der Waals surface area (Å²) in [6.07, 6.45) is 1.85. The summed E-state index contributed by atoms with van der Waals surface area (Å²) in [5, 5.41) is 0.